The Kier molecular flexibility index (Phi) is 5.38. The summed E-state index contributed by atoms with van der Waals surface area (Å²) in [7, 11) is 0. The lowest BCUT2D eigenvalue weighted by atomic mass is 9.93. The van der Waals surface area contributed by atoms with Gasteiger partial charge in [0.15, 0.2) is 0 Å². The lowest BCUT2D eigenvalue weighted by molar-refractivity contribution is -0.141. The van der Waals surface area contributed by atoms with Crippen molar-refractivity contribution in [3.05, 3.63) is 65.7 Å². The van der Waals surface area contributed by atoms with Crippen LogP contribution in [0.1, 0.15) is 24.0 Å². The van der Waals surface area contributed by atoms with Crippen LogP contribution in [0, 0.1) is 5.92 Å². The minimum atomic E-state index is -0.754. The smallest absolute Gasteiger partial charge is 0.306 e. The Bertz CT molecular complexity index is 561. The summed E-state index contributed by atoms with van der Waals surface area (Å²) in [5.41, 5.74) is 2.19. The van der Waals surface area contributed by atoms with Gasteiger partial charge in [-0.3, -0.25) is 4.79 Å². The van der Waals surface area contributed by atoms with E-state index in [0.717, 1.165) is 18.4 Å². The van der Waals surface area contributed by atoms with Crippen LogP contribution < -0.4 is 0 Å². The highest BCUT2D eigenvalue weighted by Crippen LogP contribution is 2.18. The first-order valence-electron chi connectivity index (χ1n) is 7.20. The van der Waals surface area contributed by atoms with Gasteiger partial charge < -0.3 is 10.2 Å². The Morgan fingerprint density at radius 1 is 0.952 bits per heavy atom. The molecular weight excluding hydrogens is 264 g/mol. The van der Waals surface area contributed by atoms with Crippen LogP contribution in [-0.4, -0.2) is 16.2 Å². The predicted molar refractivity (Wildman–Crippen MR) is 82.3 cm³/mol. The van der Waals surface area contributed by atoms with Gasteiger partial charge in [0.2, 0.25) is 0 Å². The van der Waals surface area contributed by atoms with Crippen LogP contribution in [0.15, 0.2) is 54.6 Å². The van der Waals surface area contributed by atoms with E-state index in [1.807, 2.05) is 18.2 Å². The van der Waals surface area contributed by atoms with Crippen LogP contribution in [0.5, 0.6) is 5.75 Å². The normalized spacial score (nSPS) is 12.0. The van der Waals surface area contributed by atoms with Crippen molar-refractivity contribution < 1.29 is 15.0 Å². The molecule has 2 aromatic carbocycles. The van der Waals surface area contributed by atoms with E-state index in [1.165, 1.54) is 5.56 Å². The molecule has 110 valence electrons. The maximum absolute atomic E-state index is 11.4. The Labute approximate surface area is 124 Å². The molecule has 0 aromatic heterocycles. The molecule has 1 unspecified atom stereocenters. The molecule has 2 aromatic rings. The summed E-state index contributed by atoms with van der Waals surface area (Å²) in [5, 5.41) is 18.6. The predicted octanol–water partition coefficient (Wildman–Crippen LogP) is 3.66. The van der Waals surface area contributed by atoms with E-state index >= 15 is 0 Å². The Morgan fingerprint density at radius 3 is 2.24 bits per heavy atom. The number of phenols is 1. The summed E-state index contributed by atoms with van der Waals surface area (Å²) in [5.74, 6) is -0.927. The molecule has 0 saturated heterocycles. The van der Waals surface area contributed by atoms with Gasteiger partial charge in [-0.25, -0.2) is 0 Å². The molecule has 0 radical (unpaired) electrons. The molecular formula is C18H20O3. The Balaban J connectivity index is 1.87. The minimum Gasteiger partial charge on any atom is -0.508 e. The van der Waals surface area contributed by atoms with Crippen LogP contribution in [0.4, 0.5) is 0 Å². The van der Waals surface area contributed by atoms with E-state index in [0.29, 0.717) is 12.8 Å². The molecule has 0 bridgehead atoms. The number of aromatic hydroxyl groups is 1. The number of carbonyl (C=O) groups is 1. The lowest BCUT2D eigenvalue weighted by Crippen LogP contribution is -2.16. The summed E-state index contributed by atoms with van der Waals surface area (Å²) in [6.07, 6.45) is 2.93. The molecule has 2 rings (SSSR count). The van der Waals surface area contributed by atoms with Crippen LogP contribution in [0.25, 0.3) is 0 Å². The van der Waals surface area contributed by atoms with Gasteiger partial charge in [-0.1, -0.05) is 42.5 Å². The van der Waals surface area contributed by atoms with E-state index in [-0.39, 0.29) is 11.7 Å². The number of benzene rings is 2. The number of phenolic OH excluding ortho intramolecular Hbond substituents is 1. The lowest BCUT2D eigenvalue weighted by Gasteiger charge is -2.12. The third kappa shape index (κ3) is 4.95. The van der Waals surface area contributed by atoms with Gasteiger partial charge in [0.25, 0.3) is 0 Å². The maximum atomic E-state index is 11.4. The fraction of sp³-hybridized carbons (Fsp3) is 0.278. The van der Waals surface area contributed by atoms with Crippen LogP contribution >= 0.6 is 0 Å². The highest BCUT2D eigenvalue weighted by Gasteiger charge is 2.17. The van der Waals surface area contributed by atoms with Crippen molar-refractivity contribution in [2.45, 2.75) is 25.7 Å². The molecule has 0 aliphatic carbocycles. The zero-order valence-electron chi connectivity index (χ0n) is 11.9. The number of rotatable bonds is 7. The maximum Gasteiger partial charge on any atom is 0.306 e. The highest BCUT2D eigenvalue weighted by atomic mass is 16.4. The Morgan fingerprint density at radius 2 is 1.62 bits per heavy atom. The van der Waals surface area contributed by atoms with Gasteiger partial charge in [-0.2, -0.15) is 0 Å². The molecule has 3 nitrogen and oxygen atoms in total. The summed E-state index contributed by atoms with van der Waals surface area (Å²) >= 11 is 0. The number of carboxylic acids is 1. The van der Waals surface area contributed by atoms with Gasteiger partial charge >= 0.3 is 5.97 Å². The highest BCUT2D eigenvalue weighted by molar-refractivity contribution is 5.70. The first-order chi connectivity index (χ1) is 10.1. The van der Waals surface area contributed by atoms with Crippen molar-refractivity contribution in [2.75, 3.05) is 0 Å². The molecule has 0 spiro atoms. The first-order valence-corrected chi connectivity index (χ1v) is 7.20. The quantitative estimate of drug-likeness (QED) is 0.815. The molecule has 0 saturated carbocycles. The second-order valence-corrected chi connectivity index (χ2v) is 5.28. The molecule has 0 heterocycles. The van der Waals surface area contributed by atoms with E-state index in [9.17, 15) is 15.0 Å². The molecule has 0 aliphatic heterocycles. The topological polar surface area (TPSA) is 57.5 Å². The van der Waals surface area contributed by atoms with Crippen LogP contribution in [0.2, 0.25) is 0 Å². The van der Waals surface area contributed by atoms with Crippen molar-refractivity contribution in [3.63, 3.8) is 0 Å². The SMILES string of the molecule is O=C(O)C(CCCc1ccccc1)Cc1ccc(O)cc1. The number of carboxylic acid groups (broad SMARTS) is 1. The third-order valence-electron chi connectivity index (χ3n) is 3.63. The summed E-state index contributed by atoms with van der Waals surface area (Å²) in [6, 6.07) is 16.9. The van der Waals surface area contributed by atoms with Gasteiger partial charge in [-0.05, 0) is 48.9 Å². The second kappa shape index (κ2) is 7.48. The summed E-state index contributed by atoms with van der Waals surface area (Å²) in [4.78, 5) is 11.4. The average Bonchev–Trinajstić information content (AvgIpc) is 2.49. The van der Waals surface area contributed by atoms with Crippen molar-refractivity contribution in [1.29, 1.82) is 0 Å². The van der Waals surface area contributed by atoms with Crippen LogP contribution in [-0.2, 0) is 17.6 Å². The van der Waals surface area contributed by atoms with Crippen LogP contribution in [0.3, 0.4) is 0 Å². The van der Waals surface area contributed by atoms with Crippen molar-refractivity contribution in [2.24, 2.45) is 5.92 Å². The van der Waals surface area contributed by atoms with Crippen molar-refractivity contribution >= 4 is 5.97 Å². The first kappa shape index (κ1) is 15.1. The zero-order valence-corrected chi connectivity index (χ0v) is 11.9. The molecule has 0 aliphatic rings. The van der Waals surface area contributed by atoms with Gasteiger partial charge in [0.05, 0.1) is 5.92 Å². The number of hydrogen-bond donors (Lipinski definition) is 2. The van der Waals surface area contributed by atoms with E-state index in [2.05, 4.69) is 12.1 Å². The summed E-state index contributed by atoms with van der Waals surface area (Å²) < 4.78 is 0. The van der Waals surface area contributed by atoms with Gasteiger partial charge in [0.1, 0.15) is 5.75 Å². The molecule has 0 amide bonds. The summed E-state index contributed by atoms with van der Waals surface area (Å²) in [6.45, 7) is 0. The molecule has 0 fully saturated rings. The third-order valence-corrected chi connectivity index (χ3v) is 3.63. The monoisotopic (exact) mass is 284 g/mol. The Hall–Kier alpha value is -2.29. The fourth-order valence-electron chi connectivity index (χ4n) is 2.43. The standard InChI is InChI=1S/C18H20O3/c19-17-11-9-15(10-12-17)13-16(18(20)21)8-4-7-14-5-2-1-3-6-14/h1-3,5-6,9-12,16,19H,4,7-8,13H2,(H,20,21). The van der Waals surface area contributed by atoms with E-state index in [1.54, 1.807) is 24.3 Å². The van der Waals surface area contributed by atoms with E-state index in [4.69, 9.17) is 0 Å². The number of aryl methyl sites for hydroxylation is 1. The van der Waals surface area contributed by atoms with E-state index < -0.39 is 5.97 Å². The molecule has 2 N–H and O–H groups in total. The van der Waals surface area contributed by atoms with Gasteiger partial charge in [-0.15, -0.1) is 0 Å². The molecule has 1 atom stereocenters. The zero-order chi connectivity index (χ0) is 15.1. The number of hydrogen-bond acceptors (Lipinski definition) is 2. The van der Waals surface area contributed by atoms with Gasteiger partial charge in [0, 0.05) is 0 Å². The average molecular weight is 284 g/mol. The minimum absolute atomic E-state index is 0.203. The molecule has 21 heavy (non-hydrogen) atoms. The molecule has 3 heteroatoms. The number of aliphatic carboxylic acids is 1. The van der Waals surface area contributed by atoms with Crippen molar-refractivity contribution in [1.82, 2.24) is 0 Å². The fourth-order valence-corrected chi connectivity index (χ4v) is 2.43. The second-order valence-electron chi connectivity index (χ2n) is 5.28. The largest absolute Gasteiger partial charge is 0.508 e. The van der Waals surface area contributed by atoms with Crippen molar-refractivity contribution in [3.8, 4) is 5.75 Å².